The number of nitrogens with zero attached hydrogens (tertiary/aromatic N) is 3. The van der Waals surface area contributed by atoms with Crippen molar-refractivity contribution in [1.29, 1.82) is 0 Å². The molecule has 0 aromatic heterocycles. The van der Waals surface area contributed by atoms with Gasteiger partial charge < -0.3 is 14.5 Å². The molecule has 4 heterocycles. The number of hydrogen-bond acceptors (Lipinski definition) is 5. The summed E-state index contributed by atoms with van der Waals surface area (Å²) in [4.78, 5) is 45.7. The zero-order valence-electron chi connectivity index (χ0n) is 22.0. The van der Waals surface area contributed by atoms with Crippen LogP contribution in [0.25, 0.3) is 0 Å². The summed E-state index contributed by atoms with van der Waals surface area (Å²) in [6.07, 6.45) is 6.69. The first-order chi connectivity index (χ1) is 18.6. The van der Waals surface area contributed by atoms with Crippen LogP contribution in [0.5, 0.6) is 0 Å². The number of anilines is 1. The summed E-state index contributed by atoms with van der Waals surface area (Å²) >= 11 is 0. The van der Waals surface area contributed by atoms with Crippen LogP contribution in [0.4, 0.5) is 5.69 Å². The van der Waals surface area contributed by atoms with E-state index in [2.05, 4.69) is 40.1 Å². The second-order valence-electron chi connectivity index (χ2n) is 11.3. The molecule has 38 heavy (non-hydrogen) atoms. The molecular weight excluding hydrogens is 478 g/mol. The van der Waals surface area contributed by atoms with Crippen molar-refractivity contribution in [1.82, 2.24) is 9.80 Å². The second kappa shape index (κ2) is 10.9. The summed E-state index contributed by atoms with van der Waals surface area (Å²) in [6, 6.07) is 16.2. The summed E-state index contributed by atoms with van der Waals surface area (Å²) < 4.78 is 5.69. The summed E-state index contributed by atoms with van der Waals surface area (Å²) in [5.41, 5.74) is 3.12. The standard InChI is InChI=1S/C31H37N3O4/c35-29(32-16-13-23(14-17-32)19-22-7-2-1-3-8-22)24-9-5-15-33(20-24)27-12-4-11-26-28(27)31(37)34(30(26)36)21-25-10-6-18-38-25/h1-4,7-8,11-12,23-25H,5-6,9-10,13-21H2/t24-,25+/m0/s1. The second-order valence-corrected chi connectivity index (χ2v) is 11.3. The van der Waals surface area contributed by atoms with Crippen molar-refractivity contribution in [3.8, 4) is 0 Å². The molecule has 0 radical (unpaired) electrons. The zero-order valence-corrected chi connectivity index (χ0v) is 22.0. The van der Waals surface area contributed by atoms with Gasteiger partial charge in [0.05, 0.1) is 35.4 Å². The van der Waals surface area contributed by atoms with Crippen molar-refractivity contribution < 1.29 is 19.1 Å². The van der Waals surface area contributed by atoms with Crippen molar-refractivity contribution in [2.75, 3.05) is 44.2 Å². The fourth-order valence-corrected chi connectivity index (χ4v) is 6.70. The molecule has 2 aromatic carbocycles. The van der Waals surface area contributed by atoms with E-state index in [0.29, 0.717) is 36.7 Å². The Hall–Kier alpha value is -3.19. The van der Waals surface area contributed by atoms with E-state index >= 15 is 0 Å². The molecule has 3 amide bonds. The molecule has 0 bridgehead atoms. The van der Waals surface area contributed by atoms with Gasteiger partial charge in [0.1, 0.15) is 0 Å². The first-order valence-electron chi connectivity index (χ1n) is 14.3. The SMILES string of the molecule is O=C([C@H]1CCCN(c2cccc3c2C(=O)N(C[C@H]2CCCO2)C3=O)C1)N1CCC(Cc2ccccc2)CC1. The maximum Gasteiger partial charge on any atom is 0.263 e. The first kappa shape index (κ1) is 25.1. The molecule has 3 saturated heterocycles. The van der Waals surface area contributed by atoms with Crippen molar-refractivity contribution in [2.45, 2.75) is 51.0 Å². The van der Waals surface area contributed by atoms with E-state index in [4.69, 9.17) is 4.74 Å². The molecule has 0 spiro atoms. The number of likely N-dealkylation sites (tertiary alicyclic amines) is 1. The summed E-state index contributed by atoms with van der Waals surface area (Å²) in [7, 11) is 0. The van der Waals surface area contributed by atoms with Gasteiger partial charge >= 0.3 is 0 Å². The molecule has 6 rings (SSSR count). The van der Waals surface area contributed by atoms with Crippen LogP contribution in [0, 0.1) is 11.8 Å². The van der Waals surface area contributed by atoms with Crippen LogP contribution in [0.15, 0.2) is 48.5 Å². The largest absolute Gasteiger partial charge is 0.376 e. The molecule has 0 saturated carbocycles. The first-order valence-corrected chi connectivity index (χ1v) is 14.3. The highest BCUT2D eigenvalue weighted by atomic mass is 16.5. The van der Waals surface area contributed by atoms with Crippen LogP contribution in [-0.4, -0.2) is 73.0 Å². The fraction of sp³-hybridized carbons (Fsp3) is 0.516. The number of carbonyl (C=O) groups excluding carboxylic acids is 3. The van der Waals surface area contributed by atoms with Crippen molar-refractivity contribution >= 4 is 23.4 Å². The van der Waals surface area contributed by atoms with Crippen LogP contribution >= 0.6 is 0 Å². The highest BCUT2D eigenvalue weighted by Crippen LogP contribution is 2.35. The number of rotatable bonds is 6. The third kappa shape index (κ3) is 4.96. The molecule has 0 N–H and O–H groups in total. The van der Waals surface area contributed by atoms with Gasteiger partial charge in [0.25, 0.3) is 11.8 Å². The normalized spacial score (nSPS) is 24.3. The molecule has 3 fully saturated rings. The summed E-state index contributed by atoms with van der Waals surface area (Å²) in [6.45, 7) is 4.01. The number of fused-ring (bicyclic) bond motifs is 1. The number of imide groups is 1. The van der Waals surface area contributed by atoms with Gasteiger partial charge in [0, 0.05) is 32.8 Å². The molecule has 200 valence electrons. The minimum Gasteiger partial charge on any atom is -0.376 e. The fourth-order valence-electron chi connectivity index (χ4n) is 6.70. The minimum absolute atomic E-state index is 0.0746. The van der Waals surface area contributed by atoms with Crippen LogP contribution < -0.4 is 4.90 Å². The molecule has 4 aliphatic rings. The predicted molar refractivity (Wildman–Crippen MR) is 145 cm³/mol. The lowest BCUT2D eigenvalue weighted by Crippen LogP contribution is -2.47. The Labute approximate surface area is 224 Å². The van der Waals surface area contributed by atoms with Gasteiger partial charge in [0.15, 0.2) is 0 Å². The zero-order chi connectivity index (χ0) is 26.1. The Bertz CT molecular complexity index is 1180. The minimum atomic E-state index is -0.231. The third-order valence-electron chi connectivity index (χ3n) is 8.79. The third-order valence-corrected chi connectivity index (χ3v) is 8.79. The predicted octanol–water partition coefficient (Wildman–Crippen LogP) is 4.16. The van der Waals surface area contributed by atoms with Crippen LogP contribution in [0.1, 0.15) is 64.8 Å². The molecule has 0 aliphatic carbocycles. The van der Waals surface area contributed by atoms with E-state index < -0.39 is 0 Å². The molecule has 2 aromatic rings. The average Bonchev–Trinajstić information content (AvgIpc) is 3.56. The van der Waals surface area contributed by atoms with Gasteiger partial charge in [-0.15, -0.1) is 0 Å². The molecular formula is C31H37N3O4. The maximum absolute atomic E-state index is 13.5. The van der Waals surface area contributed by atoms with Crippen LogP contribution in [-0.2, 0) is 16.0 Å². The van der Waals surface area contributed by atoms with Gasteiger partial charge in [-0.1, -0.05) is 36.4 Å². The Kier molecular flexibility index (Phi) is 7.20. The molecule has 4 aliphatic heterocycles. The van der Waals surface area contributed by atoms with Crippen molar-refractivity contribution in [3.05, 3.63) is 65.2 Å². The number of ether oxygens (including phenoxy) is 1. The highest BCUT2D eigenvalue weighted by Gasteiger charge is 2.41. The lowest BCUT2D eigenvalue weighted by atomic mass is 9.88. The van der Waals surface area contributed by atoms with Gasteiger partial charge in [-0.25, -0.2) is 0 Å². The Balaban J connectivity index is 1.10. The lowest BCUT2D eigenvalue weighted by Gasteiger charge is -2.39. The quantitative estimate of drug-likeness (QED) is 0.541. The van der Waals surface area contributed by atoms with E-state index in [-0.39, 0.29) is 29.7 Å². The smallest absolute Gasteiger partial charge is 0.263 e. The van der Waals surface area contributed by atoms with Crippen LogP contribution in [0.3, 0.4) is 0 Å². The monoisotopic (exact) mass is 515 g/mol. The van der Waals surface area contributed by atoms with Gasteiger partial charge in [-0.2, -0.15) is 0 Å². The number of hydrogen-bond donors (Lipinski definition) is 0. The van der Waals surface area contributed by atoms with E-state index in [1.54, 1.807) is 6.07 Å². The number of amides is 3. The van der Waals surface area contributed by atoms with E-state index in [0.717, 1.165) is 70.3 Å². The number of piperidine rings is 2. The average molecular weight is 516 g/mol. The summed E-state index contributed by atoms with van der Waals surface area (Å²) in [5.74, 6) is 0.316. The molecule has 7 heteroatoms. The maximum atomic E-state index is 13.5. The van der Waals surface area contributed by atoms with Gasteiger partial charge in [-0.05, 0) is 68.6 Å². The Morgan fingerprint density at radius 1 is 0.868 bits per heavy atom. The topological polar surface area (TPSA) is 70.2 Å². The van der Waals surface area contributed by atoms with Crippen molar-refractivity contribution in [2.24, 2.45) is 11.8 Å². The Morgan fingerprint density at radius 2 is 1.68 bits per heavy atom. The van der Waals surface area contributed by atoms with Crippen molar-refractivity contribution in [3.63, 3.8) is 0 Å². The summed E-state index contributed by atoms with van der Waals surface area (Å²) in [5, 5.41) is 0. The lowest BCUT2D eigenvalue weighted by molar-refractivity contribution is -0.137. The molecule has 2 atom stereocenters. The van der Waals surface area contributed by atoms with Gasteiger partial charge in [-0.3, -0.25) is 19.3 Å². The van der Waals surface area contributed by atoms with Gasteiger partial charge in [0.2, 0.25) is 5.91 Å². The van der Waals surface area contributed by atoms with E-state index in [9.17, 15) is 14.4 Å². The number of benzene rings is 2. The molecule has 0 unspecified atom stereocenters. The van der Waals surface area contributed by atoms with E-state index in [1.165, 1.54) is 10.5 Å². The molecule has 7 nitrogen and oxygen atoms in total. The highest BCUT2D eigenvalue weighted by molar-refractivity contribution is 6.23. The van der Waals surface area contributed by atoms with E-state index in [1.807, 2.05) is 12.1 Å². The van der Waals surface area contributed by atoms with Crippen LogP contribution in [0.2, 0.25) is 0 Å². The number of carbonyl (C=O) groups is 3. The Morgan fingerprint density at radius 3 is 2.45 bits per heavy atom.